The second-order valence-electron chi connectivity index (χ2n) is 8.91. The molecule has 1 aromatic heterocycles. The molecule has 0 aliphatic carbocycles. The molecule has 174 valence electrons. The van der Waals surface area contributed by atoms with E-state index in [0.29, 0.717) is 0 Å². The first-order valence-electron chi connectivity index (χ1n) is 11.8. The summed E-state index contributed by atoms with van der Waals surface area (Å²) in [7, 11) is 0. The highest BCUT2D eigenvalue weighted by molar-refractivity contribution is 5.93. The lowest BCUT2D eigenvalue weighted by Crippen LogP contribution is -2.17. The van der Waals surface area contributed by atoms with Gasteiger partial charge in [-0.15, -0.1) is 0 Å². The summed E-state index contributed by atoms with van der Waals surface area (Å²) in [6.45, 7) is 2.79. The number of anilines is 1. The highest BCUT2D eigenvalue weighted by atomic mass is 19.1. The van der Waals surface area contributed by atoms with Crippen molar-refractivity contribution in [2.45, 2.75) is 25.8 Å². The normalized spacial score (nSPS) is 11.9. The third-order valence-corrected chi connectivity index (χ3v) is 6.37. The largest absolute Gasteiger partial charge is 0.343 e. The lowest BCUT2D eigenvalue weighted by atomic mass is 9.87. The zero-order chi connectivity index (χ0) is 24.2. The minimum absolute atomic E-state index is 0.177. The maximum atomic E-state index is 14.2. The van der Waals surface area contributed by atoms with Crippen LogP contribution >= 0.6 is 0 Å². The number of nitrogens with one attached hydrogen (secondary N) is 1. The summed E-state index contributed by atoms with van der Waals surface area (Å²) in [5.41, 5.74) is 5.83. The van der Waals surface area contributed by atoms with Gasteiger partial charge in [-0.2, -0.15) is 0 Å². The van der Waals surface area contributed by atoms with Crippen molar-refractivity contribution in [1.29, 1.82) is 0 Å². The van der Waals surface area contributed by atoms with Gasteiger partial charge in [-0.1, -0.05) is 90.5 Å². The Labute approximate surface area is 204 Å². The zero-order valence-electron chi connectivity index (χ0n) is 19.6. The first-order valence-corrected chi connectivity index (χ1v) is 11.8. The molecular formula is C31H27FN2O. The van der Waals surface area contributed by atoms with Gasteiger partial charge >= 0.3 is 0 Å². The fourth-order valence-corrected chi connectivity index (χ4v) is 4.71. The highest BCUT2D eigenvalue weighted by Crippen LogP contribution is 2.36. The van der Waals surface area contributed by atoms with Crippen LogP contribution in [0.4, 0.5) is 10.1 Å². The maximum absolute atomic E-state index is 14.2. The SMILES string of the molecule is Cc1cccc(C(CC(=O)Nc2ccccc2F)c2cn(Cc3ccccc3)c3ccccc23)c1. The molecular weight excluding hydrogens is 435 g/mol. The predicted octanol–water partition coefficient (Wildman–Crippen LogP) is 7.30. The number of hydrogen-bond acceptors (Lipinski definition) is 1. The third kappa shape index (κ3) is 5.02. The van der Waals surface area contributed by atoms with Crippen LogP contribution in [0.5, 0.6) is 0 Å². The fourth-order valence-electron chi connectivity index (χ4n) is 4.71. The third-order valence-electron chi connectivity index (χ3n) is 6.37. The molecule has 0 spiro atoms. The van der Waals surface area contributed by atoms with E-state index in [1.807, 2.05) is 36.4 Å². The number of fused-ring (bicyclic) bond motifs is 1. The van der Waals surface area contributed by atoms with Gasteiger partial charge in [-0.05, 0) is 41.8 Å². The maximum Gasteiger partial charge on any atom is 0.225 e. The number of para-hydroxylation sites is 2. The van der Waals surface area contributed by atoms with Crippen LogP contribution in [0, 0.1) is 12.7 Å². The smallest absolute Gasteiger partial charge is 0.225 e. The molecule has 1 amide bonds. The summed E-state index contributed by atoms with van der Waals surface area (Å²) >= 11 is 0. The van der Waals surface area contributed by atoms with Gasteiger partial charge in [0.1, 0.15) is 5.82 Å². The lowest BCUT2D eigenvalue weighted by molar-refractivity contribution is -0.116. The van der Waals surface area contributed by atoms with Gasteiger partial charge < -0.3 is 9.88 Å². The second-order valence-corrected chi connectivity index (χ2v) is 8.91. The number of nitrogens with zero attached hydrogens (tertiary/aromatic N) is 1. The van der Waals surface area contributed by atoms with Crippen LogP contribution in [0.25, 0.3) is 10.9 Å². The Kier molecular flexibility index (Phi) is 6.44. The molecule has 0 fully saturated rings. The monoisotopic (exact) mass is 462 g/mol. The Morgan fingerprint density at radius 2 is 1.63 bits per heavy atom. The van der Waals surface area contributed by atoms with Crippen molar-refractivity contribution in [3.8, 4) is 0 Å². The topological polar surface area (TPSA) is 34.0 Å². The van der Waals surface area contributed by atoms with Gasteiger partial charge in [-0.3, -0.25) is 4.79 Å². The summed E-state index contributed by atoms with van der Waals surface area (Å²) in [6, 6.07) is 33.2. The summed E-state index contributed by atoms with van der Waals surface area (Å²) in [4.78, 5) is 13.2. The van der Waals surface area contributed by atoms with Crippen molar-refractivity contribution in [2.75, 3.05) is 5.32 Å². The van der Waals surface area contributed by atoms with E-state index >= 15 is 0 Å². The van der Waals surface area contributed by atoms with E-state index in [4.69, 9.17) is 0 Å². The molecule has 1 atom stereocenters. The minimum atomic E-state index is -0.438. The first kappa shape index (κ1) is 22.6. The number of benzene rings is 4. The van der Waals surface area contributed by atoms with Crippen LogP contribution in [0.2, 0.25) is 0 Å². The van der Waals surface area contributed by atoms with Gasteiger partial charge in [0, 0.05) is 36.0 Å². The van der Waals surface area contributed by atoms with Crippen LogP contribution in [-0.4, -0.2) is 10.5 Å². The molecule has 4 heteroatoms. The second kappa shape index (κ2) is 9.98. The van der Waals surface area contributed by atoms with Gasteiger partial charge in [0.05, 0.1) is 5.69 Å². The molecule has 0 aliphatic rings. The Morgan fingerprint density at radius 3 is 2.43 bits per heavy atom. The van der Waals surface area contributed by atoms with Gasteiger partial charge in [0.2, 0.25) is 5.91 Å². The van der Waals surface area contributed by atoms with E-state index in [2.05, 4.69) is 65.5 Å². The van der Waals surface area contributed by atoms with Gasteiger partial charge in [-0.25, -0.2) is 4.39 Å². The molecule has 0 bridgehead atoms. The molecule has 0 aliphatic heterocycles. The lowest BCUT2D eigenvalue weighted by Gasteiger charge is -2.18. The summed E-state index contributed by atoms with van der Waals surface area (Å²) in [6.07, 6.45) is 2.37. The summed E-state index contributed by atoms with van der Waals surface area (Å²) < 4.78 is 16.4. The van der Waals surface area contributed by atoms with E-state index < -0.39 is 5.82 Å². The molecule has 4 aromatic carbocycles. The predicted molar refractivity (Wildman–Crippen MR) is 140 cm³/mol. The van der Waals surface area contributed by atoms with Crippen molar-refractivity contribution in [3.05, 3.63) is 137 Å². The van der Waals surface area contributed by atoms with Gasteiger partial charge in [0.15, 0.2) is 0 Å². The van der Waals surface area contributed by atoms with E-state index in [-0.39, 0.29) is 23.9 Å². The zero-order valence-corrected chi connectivity index (χ0v) is 19.6. The van der Waals surface area contributed by atoms with E-state index in [1.165, 1.54) is 11.6 Å². The standard InChI is InChI=1S/C31H27FN2O/c1-22-10-9-13-24(18-22)26(19-31(35)33-29-16-7-6-15-28(29)32)27-21-34(20-23-11-3-2-4-12-23)30-17-8-5-14-25(27)30/h2-18,21,26H,19-20H2,1H3,(H,33,35). The number of rotatable bonds is 7. The van der Waals surface area contributed by atoms with Crippen LogP contribution in [-0.2, 0) is 11.3 Å². The van der Waals surface area contributed by atoms with Crippen molar-refractivity contribution in [2.24, 2.45) is 0 Å². The average Bonchev–Trinajstić information content (AvgIpc) is 3.23. The number of amides is 1. The van der Waals surface area contributed by atoms with Crippen molar-refractivity contribution in [3.63, 3.8) is 0 Å². The molecule has 1 N–H and O–H groups in total. The van der Waals surface area contributed by atoms with Gasteiger partial charge in [0.25, 0.3) is 0 Å². The molecule has 1 unspecified atom stereocenters. The Morgan fingerprint density at radius 1 is 0.886 bits per heavy atom. The van der Waals surface area contributed by atoms with E-state index in [1.54, 1.807) is 18.2 Å². The summed E-state index contributed by atoms with van der Waals surface area (Å²) in [5.74, 6) is -0.836. The minimum Gasteiger partial charge on any atom is -0.343 e. The average molecular weight is 463 g/mol. The van der Waals surface area contributed by atoms with Crippen molar-refractivity contribution < 1.29 is 9.18 Å². The number of hydrogen-bond donors (Lipinski definition) is 1. The molecule has 35 heavy (non-hydrogen) atoms. The number of halogens is 1. The van der Waals surface area contributed by atoms with Crippen molar-refractivity contribution in [1.82, 2.24) is 4.57 Å². The van der Waals surface area contributed by atoms with E-state index in [9.17, 15) is 9.18 Å². The number of carbonyl (C=O) groups is 1. The summed E-state index contributed by atoms with van der Waals surface area (Å²) in [5, 5.41) is 3.89. The number of aryl methyl sites for hydroxylation is 1. The molecule has 5 aromatic rings. The fraction of sp³-hybridized carbons (Fsp3) is 0.129. The number of aromatic nitrogens is 1. The number of carbonyl (C=O) groups excluding carboxylic acids is 1. The quantitative estimate of drug-likeness (QED) is 0.271. The van der Waals surface area contributed by atoms with Crippen LogP contribution < -0.4 is 5.32 Å². The van der Waals surface area contributed by atoms with Crippen LogP contribution in [0.1, 0.15) is 34.6 Å². The molecule has 0 saturated carbocycles. The molecule has 0 radical (unpaired) electrons. The Hall–Kier alpha value is -4.18. The highest BCUT2D eigenvalue weighted by Gasteiger charge is 2.23. The Balaban J connectivity index is 1.55. The molecule has 5 rings (SSSR count). The van der Waals surface area contributed by atoms with Crippen molar-refractivity contribution >= 4 is 22.5 Å². The molecule has 3 nitrogen and oxygen atoms in total. The van der Waals surface area contributed by atoms with Crippen LogP contribution in [0.3, 0.4) is 0 Å². The molecule has 0 saturated heterocycles. The van der Waals surface area contributed by atoms with E-state index in [0.717, 1.165) is 34.1 Å². The Bertz CT molecular complexity index is 1470. The first-order chi connectivity index (χ1) is 17.1. The van der Waals surface area contributed by atoms with Crippen LogP contribution in [0.15, 0.2) is 109 Å². The molecule has 1 heterocycles.